The highest BCUT2D eigenvalue weighted by molar-refractivity contribution is 5.98. The second-order valence-electron chi connectivity index (χ2n) is 8.29. The minimum Gasteiger partial charge on any atom is -0.378 e. The van der Waals surface area contributed by atoms with Crippen molar-refractivity contribution in [2.24, 2.45) is 0 Å². The fourth-order valence-electron chi connectivity index (χ4n) is 4.41. The van der Waals surface area contributed by atoms with Crippen molar-refractivity contribution in [3.63, 3.8) is 0 Å². The van der Waals surface area contributed by atoms with Gasteiger partial charge in [0.2, 0.25) is 5.91 Å². The zero-order valence-corrected chi connectivity index (χ0v) is 16.0. The van der Waals surface area contributed by atoms with Gasteiger partial charge in [-0.1, -0.05) is 18.2 Å². The van der Waals surface area contributed by atoms with Gasteiger partial charge in [-0.05, 0) is 31.9 Å². The van der Waals surface area contributed by atoms with Gasteiger partial charge in [0.1, 0.15) is 5.60 Å². The largest absolute Gasteiger partial charge is 0.378 e. The van der Waals surface area contributed by atoms with E-state index in [0.717, 1.165) is 18.5 Å². The highest BCUT2D eigenvalue weighted by Crippen LogP contribution is 2.34. The van der Waals surface area contributed by atoms with Gasteiger partial charge in [0.25, 0.3) is 0 Å². The molecule has 1 spiro atoms. The molecule has 2 saturated heterocycles. The zero-order valence-electron chi connectivity index (χ0n) is 16.0. The van der Waals surface area contributed by atoms with E-state index in [4.69, 9.17) is 9.47 Å². The number of carbonyl (C=O) groups is 2. The van der Waals surface area contributed by atoms with Gasteiger partial charge >= 0.3 is 6.03 Å². The van der Waals surface area contributed by atoms with Crippen molar-refractivity contribution in [2.45, 2.75) is 37.9 Å². The predicted molar refractivity (Wildman–Crippen MR) is 101 cm³/mol. The van der Waals surface area contributed by atoms with Crippen LogP contribution in [0, 0.1) is 0 Å². The lowest BCUT2D eigenvalue weighted by atomic mass is 9.95. The highest BCUT2D eigenvalue weighted by Gasteiger charge is 2.48. The number of morpholine rings is 1. The van der Waals surface area contributed by atoms with Gasteiger partial charge in [0.05, 0.1) is 31.8 Å². The number of para-hydroxylation sites is 1. The number of nitrogens with one attached hydrogen (secondary N) is 1. The minimum atomic E-state index is -0.443. The lowest BCUT2D eigenvalue weighted by molar-refractivity contribution is -0.185. The monoisotopic (exact) mass is 373 g/mol. The molecule has 3 heterocycles. The maximum atomic E-state index is 12.7. The first-order valence-corrected chi connectivity index (χ1v) is 9.57. The lowest BCUT2D eigenvalue weighted by Crippen LogP contribution is -2.63. The van der Waals surface area contributed by atoms with E-state index in [0.29, 0.717) is 32.8 Å². The van der Waals surface area contributed by atoms with E-state index < -0.39 is 11.2 Å². The molecule has 27 heavy (non-hydrogen) atoms. The Bertz CT molecular complexity index is 742. The van der Waals surface area contributed by atoms with Crippen LogP contribution in [-0.4, -0.2) is 67.4 Å². The fraction of sp³-hybridized carbons (Fsp3) is 0.600. The van der Waals surface area contributed by atoms with Crippen molar-refractivity contribution in [3.05, 3.63) is 29.8 Å². The molecule has 7 nitrogen and oxygen atoms in total. The van der Waals surface area contributed by atoms with Crippen LogP contribution in [0.25, 0.3) is 0 Å². The molecule has 0 bridgehead atoms. The molecule has 1 aromatic rings. The topological polar surface area (TPSA) is 71.1 Å². The standard InChI is InChI=1S/C20H27N3O4/c1-19(2)12-22(13-20(27-19)8-10-26-14-20)18(25)21-11-17(24)23-9-7-15-5-3-4-6-16(15)23/h3-6H,7-14H2,1-2H3,(H,21,25). The fourth-order valence-corrected chi connectivity index (χ4v) is 4.41. The van der Waals surface area contributed by atoms with Gasteiger partial charge in [0.15, 0.2) is 0 Å². The summed E-state index contributed by atoms with van der Waals surface area (Å²) in [6.07, 6.45) is 1.64. The summed E-state index contributed by atoms with van der Waals surface area (Å²) in [5.74, 6) is -0.0836. The summed E-state index contributed by atoms with van der Waals surface area (Å²) < 4.78 is 11.7. The number of rotatable bonds is 2. The number of amides is 3. The maximum Gasteiger partial charge on any atom is 0.318 e. The quantitative estimate of drug-likeness (QED) is 0.854. The molecule has 1 atom stereocenters. The molecule has 1 aromatic carbocycles. The van der Waals surface area contributed by atoms with E-state index in [-0.39, 0.29) is 18.5 Å². The molecule has 146 valence electrons. The molecule has 3 aliphatic heterocycles. The third-order valence-corrected chi connectivity index (χ3v) is 5.48. The SMILES string of the molecule is CC1(C)CN(C(=O)NCC(=O)N2CCc3ccccc32)CC2(CCOC2)O1. The first kappa shape index (κ1) is 18.3. The molecular formula is C20H27N3O4. The van der Waals surface area contributed by atoms with Crippen molar-refractivity contribution in [1.29, 1.82) is 0 Å². The summed E-state index contributed by atoms with van der Waals surface area (Å²) in [5.41, 5.74) is 1.25. The van der Waals surface area contributed by atoms with Crippen molar-refractivity contribution >= 4 is 17.6 Å². The summed E-state index contributed by atoms with van der Waals surface area (Å²) >= 11 is 0. The Morgan fingerprint density at radius 2 is 2.04 bits per heavy atom. The van der Waals surface area contributed by atoms with Gasteiger partial charge in [0, 0.05) is 25.3 Å². The van der Waals surface area contributed by atoms with Crippen molar-refractivity contribution in [1.82, 2.24) is 10.2 Å². The Morgan fingerprint density at radius 3 is 2.81 bits per heavy atom. The van der Waals surface area contributed by atoms with Crippen molar-refractivity contribution in [3.8, 4) is 0 Å². The Balaban J connectivity index is 1.37. The number of carbonyl (C=O) groups excluding carboxylic acids is 2. The molecular weight excluding hydrogens is 346 g/mol. The molecule has 4 rings (SSSR count). The number of ether oxygens (including phenoxy) is 2. The van der Waals surface area contributed by atoms with Crippen molar-refractivity contribution in [2.75, 3.05) is 44.3 Å². The molecule has 0 aromatic heterocycles. The van der Waals surface area contributed by atoms with Crippen LogP contribution in [0.4, 0.5) is 10.5 Å². The first-order valence-electron chi connectivity index (χ1n) is 9.57. The van der Waals surface area contributed by atoms with Gasteiger partial charge in [-0.2, -0.15) is 0 Å². The lowest BCUT2D eigenvalue weighted by Gasteiger charge is -2.47. The van der Waals surface area contributed by atoms with E-state index >= 15 is 0 Å². The van der Waals surface area contributed by atoms with Crippen LogP contribution < -0.4 is 10.2 Å². The Labute approximate surface area is 159 Å². The number of fused-ring (bicyclic) bond motifs is 1. The molecule has 0 saturated carbocycles. The van der Waals surface area contributed by atoms with Crippen LogP contribution in [0.3, 0.4) is 0 Å². The number of hydrogen-bond acceptors (Lipinski definition) is 4. The Kier molecular flexibility index (Phi) is 4.60. The van der Waals surface area contributed by atoms with Crippen LogP contribution in [0.1, 0.15) is 25.8 Å². The van der Waals surface area contributed by atoms with E-state index in [1.807, 2.05) is 38.1 Å². The average Bonchev–Trinajstić information content (AvgIpc) is 3.24. The third kappa shape index (κ3) is 3.66. The summed E-state index contributed by atoms with van der Waals surface area (Å²) in [5, 5.41) is 2.80. The summed E-state index contributed by atoms with van der Waals surface area (Å²) in [4.78, 5) is 28.9. The number of hydrogen-bond donors (Lipinski definition) is 1. The van der Waals surface area contributed by atoms with Gasteiger partial charge in [-0.15, -0.1) is 0 Å². The van der Waals surface area contributed by atoms with Crippen LogP contribution in [0.5, 0.6) is 0 Å². The van der Waals surface area contributed by atoms with Crippen LogP contribution >= 0.6 is 0 Å². The van der Waals surface area contributed by atoms with E-state index in [2.05, 4.69) is 5.32 Å². The molecule has 3 aliphatic rings. The molecule has 1 unspecified atom stereocenters. The maximum absolute atomic E-state index is 12.7. The second kappa shape index (κ2) is 6.80. The van der Waals surface area contributed by atoms with Crippen LogP contribution in [0.2, 0.25) is 0 Å². The Hall–Kier alpha value is -2.12. The van der Waals surface area contributed by atoms with E-state index in [1.165, 1.54) is 5.56 Å². The van der Waals surface area contributed by atoms with Crippen molar-refractivity contribution < 1.29 is 19.1 Å². The number of urea groups is 1. The first-order chi connectivity index (χ1) is 12.9. The number of nitrogens with zero attached hydrogens (tertiary/aromatic N) is 2. The molecule has 0 aliphatic carbocycles. The van der Waals surface area contributed by atoms with Gasteiger partial charge in [-0.25, -0.2) is 4.79 Å². The third-order valence-electron chi connectivity index (χ3n) is 5.48. The van der Waals surface area contributed by atoms with Gasteiger partial charge in [-0.3, -0.25) is 4.79 Å². The number of anilines is 1. The van der Waals surface area contributed by atoms with E-state index in [1.54, 1.807) is 9.80 Å². The summed E-state index contributed by atoms with van der Waals surface area (Å²) in [6.45, 7) is 6.76. The van der Waals surface area contributed by atoms with Crippen LogP contribution in [0.15, 0.2) is 24.3 Å². The summed E-state index contributed by atoms with van der Waals surface area (Å²) in [6, 6.07) is 7.69. The molecule has 1 N–H and O–H groups in total. The molecule has 7 heteroatoms. The predicted octanol–water partition coefficient (Wildman–Crippen LogP) is 1.56. The second-order valence-corrected chi connectivity index (χ2v) is 8.29. The number of benzene rings is 1. The zero-order chi connectivity index (χ0) is 19.1. The smallest absolute Gasteiger partial charge is 0.318 e. The Morgan fingerprint density at radius 1 is 1.22 bits per heavy atom. The van der Waals surface area contributed by atoms with Gasteiger partial charge < -0.3 is 24.6 Å². The summed E-state index contributed by atoms with van der Waals surface area (Å²) in [7, 11) is 0. The molecule has 3 amide bonds. The average molecular weight is 373 g/mol. The molecule has 2 fully saturated rings. The van der Waals surface area contributed by atoms with E-state index in [9.17, 15) is 9.59 Å². The molecule has 0 radical (unpaired) electrons. The highest BCUT2D eigenvalue weighted by atomic mass is 16.6. The van der Waals surface area contributed by atoms with Crippen LogP contribution in [-0.2, 0) is 20.7 Å². The minimum absolute atomic E-state index is 0.00550. The normalized spacial score (nSPS) is 26.3.